The Kier molecular flexibility index (Phi) is 6.21. The normalized spacial score (nSPS) is 14.9. The molecule has 0 spiro atoms. The molecule has 2 rings (SSSR count). The van der Waals surface area contributed by atoms with Gasteiger partial charge in [-0.25, -0.2) is 0 Å². The Morgan fingerprint density at radius 1 is 1.21 bits per heavy atom. The maximum absolute atomic E-state index is 12.4. The number of morpholine rings is 1. The van der Waals surface area contributed by atoms with Gasteiger partial charge in [0.2, 0.25) is 5.91 Å². The van der Waals surface area contributed by atoms with Crippen LogP contribution in [-0.2, 0) is 14.3 Å². The van der Waals surface area contributed by atoms with Crippen LogP contribution >= 0.6 is 12.2 Å². The number of amides is 2. The minimum Gasteiger partial charge on any atom is -0.388 e. The van der Waals surface area contributed by atoms with Crippen LogP contribution in [0.2, 0.25) is 0 Å². The van der Waals surface area contributed by atoms with Crippen molar-refractivity contribution in [2.45, 2.75) is 6.92 Å². The highest BCUT2D eigenvalue weighted by Gasteiger charge is 2.23. The average Bonchev–Trinajstić information content (AvgIpc) is 2.56. The van der Waals surface area contributed by atoms with Gasteiger partial charge in [-0.2, -0.15) is 5.10 Å². The molecule has 0 unspecified atom stereocenters. The Morgan fingerprint density at radius 2 is 1.79 bits per heavy atom. The molecular weight excluding hydrogens is 330 g/mol. The fourth-order valence-electron chi connectivity index (χ4n) is 2.08. The number of hydrazone groups is 1. The summed E-state index contributed by atoms with van der Waals surface area (Å²) >= 11 is 4.93. The molecule has 0 saturated carbocycles. The van der Waals surface area contributed by atoms with Crippen molar-refractivity contribution in [1.82, 2.24) is 4.90 Å². The number of carbonyl (C=O) groups excluding carboxylic acids is 2. The van der Waals surface area contributed by atoms with E-state index in [1.54, 1.807) is 29.2 Å². The Balaban J connectivity index is 2.06. The highest BCUT2D eigenvalue weighted by Crippen LogP contribution is 2.13. The Morgan fingerprint density at radius 3 is 2.33 bits per heavy atom. The number of benzene rings is 1. The van der Waals surface area contributed by atoms with Gasteiger partial charge in [-0.3, -0.25) is 15.0 Å². The molecule has 1 aromatic carbocycles. The quantitative estimate of drug-likeness (QED) is 0.407. The fraction of sp³-hybridized carbons (Fsp3) is 0.333. The molecule has 1 heterocycles. The second kappa shape index (κ2) is 8.37. The molecule has 8 nitrogen and oxygen atoms in total. The first kappa shape index (κ1) is 17.8. The van der Waals surface area contributed by atoms with Crippen molar-refractivity contribution < 1.29 is 14.3 Å². The number of hydrogen-bond donors (Lipinski definition) is 3. The van der Waals surface area contributed by atoms with Gasteiger partial charge in [0.25, 0.3) is 5.91 Å². The minimum absolute atomic E-state index is 0.00200. The molecule has 1 aliphatic heterocycles. The number of nitrogens with two attached hydrogens (primary N) is 1. The van der Waals surface area contributed by atoms with Gasteiger partial charge in [-0.05, 0) is 24.3 Å². The number of thiocarbonyl (C=S) groups is 1. The zero-order valence-corrected chi connectivity index (χ0v) is 14.1. The molecule has 4 N–H and O–H groups in total. The summed E-state index contributed by atoms with van der Waals surface area (Å²) < 4.78 is 5.21. The second-order valence-electron chi connectivity index (χ2n) is 5.10. The highest BCUT2D eigenvalue weighted by molar-refractivity contribution is 7.82. The summed E-state index contributed by atoms with van der Waals surface area (Å²) in [6, 6.07) is 6.85. The lowest BCUT2D eigenvalue weighted by molar-refractivity contribution is -0.127. The summed E-state index contributed by atoms with van der Waals surface area (Å²) in [5.74, 6) is -0.478. The molecule has 1 aromatic rings. The third-order valence-corrected chi connectivity index (χ3v) is 3.43. The molecule has 1 saturated heterocycles. The first-order valence-electron chi connectivity index (χ1n) is 7.35. The van der Waals surface area contributed by atoms with E-state index in [2.05, 4.69) is 15.8 Å². The van der Waals surface area contributed by atoms with Crippen LogP contribution in [0.15, 0.2) is 29.4 Å². The predicted octanol–water partition coefficient (Wildman–Crippen LogP) is 0.558. The van der Waals surface area contributed by atoms with Gasteiger partial charge in [-0.15, -0.1) is 0 Å². The molecule has 0 aliphatic carbocycles. The van der Waals surface area contributed by atoms with Gasteiger partial charge in [0, 0.05) is 25.7 Å². The lowest BCUT2D eigenvalue weighted by atomic mass is 10.3. The van der Waals surface area contributed by atoms with E-state index in [4.69, 9.17) is 22.7 Å². The molecule has 1 aliphatic rings. The molecular formula is C15H19N5O3S. The van der Waals surface area contributed by atoms with Crippen LogP contribution in [0.4, 0.5) is 11.4 Å². The molecule has 9 heteroatoms. The molecule has 24 heavy (non-hydrogen) atoms. The molecule has 0 aromatic heterocycles. The standard InChI is InChI=1S/C15H19N5O3S/c1-10(21)17-11-2-4-12(5-3-11)18-19-13(14(16)24)15(22)20-6-8-23-9-7-20/h2-5,18H,6-9H2,1H3,(H2,16,24)(H,17,21)/b19-13-. The molecule has 1 fully saturated rings. The van der Waals surface area contributed by atoms with Crippen molar-refractivity contribution in [2.75, 3.05) is 37.0 Å². The first-order chi connectivity index (χ1) is 11.5. The number of carbonyl (C=O) groups is 2. The summed E-state index contributed by atoms with van der Waals surface area (Å²) in [7, 11) is 0. The van der Waals surface area contributed by atoms with Crippen LogP contribution in [-0.4, -0.2) is 53.7 Å². The van der Waals surface area contributed by atoms with E-state index in [1.165, 1.54) is 6.92 Å². The lowest BCUT2D eigenvalue weighted by Crippen LogP contribution is -2.47. The van der Waals surface area contributed by atoms with Gasteiger partial charge >= 0.3 is 0 Å². The number of anilines is 2. The molecule has 0 atom stereocenters. The topological polar surface area (TPSA) is 109 Å². The number of nitrogens with zero attached hydrogens (tertiary/aromatic N) is 2. The summed E-state index contributed by atoms with van der Waals surface area (Å²) in [5.41, 5.74) is 9.67. The van der Waals surface area contributed by atoms with Gasteiger partial charge in [0.1, 0.15) is 4.99 Å². The SMILES string of the molecule is CC(=O)Nc1ccc(N/N=C(\C(=O)N2CCOCC2)C(N)=S)cc1. The summed E-state index contributed by atoms with van der Waals surface area (Å²) in [4.78, 5) is 24.9. The van der Waals surface area contributed by atoms with Crippen LogP contribution < -0.4 is 16.5 Å². The van der Waals surface area contributed by atoms with Crippen LogP contribution in [0.1, 0.15) is 6.92 Å². The largest absolute Gasteiger partial charge is 0.388 e. The Bertz CT molecular complexity index is 654. The molecule has 0 radical (unpaired) electrons. The second-order valence-corrected chi connectivity index (χ2v) is 5.54. The van der Waals surface area contributed by atoms with E-state index in [-0.39, 0.29) is 22.5 Å². The van der Waals surface area contributed by atoms with Gasteiger partial charge in [-0.1, -0.05) is 12.2 Å². The summed E-state index contributed by atoms with van der Waals surface area (Å²) in [5, 5.41) is 6.70. The monoisotopic (exact) mass is 349 g/mol. The summed E-state index contributed by atoms with van der Waals surface area (Å²) in [6.07, 6.45) is 0. The lowest BCUT2D eigenvalue weighted by Gasteiger charge is -2.26. The fourth-order valence-corrected chi connectivity index (χ4v) is 2.21. The van der Waals surface area contributed by atoms with Crippen molar-refractivity contribution >= 4 is 46.1 Å². The van der Waals surface area contributed by atoms with Gasteiger partial charge in [0.15, 0.2) is 5.71 Å². The Labute approximate surface area is 145 Å². The molecule has 128 valence electrons. The number of hydrogen-bond acceptors (Lipinski definition) is 6. The maximum atomic E-state index is 12.4. The van der Waals surface area contributed by atoms with Crippen LogP contribution in [0.3, 0.4) is 0 Å². The van der Waals surface area contributed by atoms with Crippen molar-refractivity contribution in [3.05, 3.63) is 24.3 Å². The first-order valence-corrected chi connectivity index (χ1v) is 7.76. The van der Waals surface area contributed by atoms with Crippen LogP contribution in [0, 0.1) is 0 Å². The van der Waals surface area contributed by atoms with Crippen LogP contribution in [0.5, 0.6) is 0 Å². The number of nitrogens with one attached hydrogen (secondary N) is 2. The predicted molar refractivity (Wildman–Crippen MR) is 96.0 cm³/mol. The van der Waals surface area contributed by atoms with Crippen LogP contribution in [0.25, 0.3) is 0 Å². The summed E-state index contributed by atoms with van der Waals surface area (Å²) in [6.45, 7) is 3.35. The van der Waals surface area contributed by atoms with Crippen molar-refractivity contribution in [1.29, 1.82) is 0 Å². The van der Waals surface area contributed by atoms with E-state index in [0.717, 1.165) is 0 Å². The highest BCUT2D eigenvalue weighted by atomic mass is 32.1. The molecule has 0 bridgehead atoms. The zero-order chi connectivity index (χ0) is 17.5. The average molecular weight is 349 g/mol. The molecule has 2 amide bonds. The minimum atomic E-state index is -0.326. The smallest absolute Gasteiger partial charge is 0.277 e. The van der Waals surface area contributed by atoms with E-state index in [9.17, 15) is 9.59 Å². The third kappa shape index (κ3) is 5.00. The van der Waals surface area contributed by atoms with Crippen molar-refractivity contribution in [3.8, 4) is 0 Å². The van der Waals surface area contributed by atoms with Crippen molar-refractivity contribution in [2.24, 2.45) is 10.8 Å². The number of ether oxygens (including phenoxy) is 1. The van der Waals surface area contributed by atoms with E-state index in [0.29, 0.717) is 37.7 Å². The number of rotatable bonds is 5. The van der Waals surface area contributed by atoms with Crippen molar-refractivity contribution in [3.63, 3.8) is 0 Å². The maximum Gasteiger partial charge on any atom is 0.277 e. The third-order valence-electron chi connectivity index (χ3n) is 3.24. The van der Waals surface area contributed by atoms with Gasteiger partial charge < -0.3 is 20.7 Å². The zero-order valence-electron chi connectivity index (χ0n) is 13.2. The van der Waals surface area contributed by atoms with Gasteiger partial charge in [0.05, 0.1) is 18.9 Å². The Hall–Kier alpha value is -2.52. The van der Waals surface area contributed by atoms with E-state index >= 15 is 0 Å². The van der Waals surface area contributed by atoms with E-state index in [1.807, 2.05) is 0 Å². The van der Waals surface area contributed by atoms with E-state index < -0.39 is 0 Å².